The molecular weight excluding hydrogens is 148 g/mol. The number of hydrogen-bond donors (Lipinski definition) is 1. The van der Waals surface area contributed by atoms with E-state index in [9.17, 15) is 0 Å². The van der Waals surface area contributed by atoms with E-state index in [0.717, 1.165) is 5.69 Å². The summed E-state index contributed by atoms with van der Waals surface area (Å²) in [5, 5.41) is 0. The second kappa shape index (κ2) is 4.34. The average molecular weight is 160 g/mol. The van der Waals surface area contributed by atoms with Crippen LogP contribution in [0.1, 0.15) is 5.56 Å². The molecule has 0 aliphatic rings. The van der Waals surface area contributed by atoms with Gasteiger partial charge in [0.15, 0.2) is 0 Å². The number of rotatable bonds is 2. The first-order chi connectivity index (χ1) is 5.84. The molecule has 0 heterocycles. The molecule has 0 bridgehead atoms. The highest BCUT2D eigenvalue weighted by molar-refractivity contribution is 5.74. The van der Waals surface area contributed by atoms with Gasteiger partial charge in [-0.2, -0.15) is 0 Å². The lowest BCUT2D eigenvalue weighted by Crippen LogP contribution is -1.77. The summed E-state index contributed by atoms with van der Waals surface area (Å²) in [7, 11) is 0. The third-order valence-corrected chi connectivity index (χ3v) is 1.53. The van der Waals surface area contributed by atoms with Crippen LogP contribution >= 0.6 is 0 Å². The Balaban J connectivity index is 2.82. The molecule has 0 radical (unpaired) electrons. The van der Waals surface area contributed by atoms with Gasteiger partial charge in [0.05, 0.1) is 5.69 Å². The van der Waals surface area contributed by atoms with Crippen molar-refractivity contribution in [3.63, 3.8) is 0 Å². The van der Waals surface area contributed by atoms with Crippen LogP contribution in [0.2, 0.25) is 0 Å². The second-order valence-electron chi connectivity index (χ2n) is 2.45. The highest BCUT2D eigenvalue weighted by Crippen LogP contribution is 2.15. The fourth-order valence-corrected chi connectivity index (χ4v) is 0.881. The predicted molar refractivity (Wildman–Crippen MR) is 52.7 cm³/mol. The van der Waals surface area contributed by atoms with E-state index in [1.54, 1.807) is 12.3 Å². The number of nitrogens with two attached hydrogens (primary N) is 1. The number of aliphatic imine (C=N–C) groups is 1. The molecule has 12 heavy (non-hydrogen) atoms. The molecule has 0 atom stereocenters. The van der Waals surface area contributed by atoms with Gasteiger partial charge in [-0.1, -0.05) is 18.2 Å². The molecule has 0 fully saturated rings. The van der Waals surface area contributed by atoms with Gasteiger partial charge in [-0.3, -0.25) is 4.99 Å². The van der Waals surface area contributed by atoms with Crippen molar-refractivity contribution in [3.8, 4) is 0 Å². The van der Waals surface area contributed by atoms with Crippen molar-refractivity contribution in [2.75, 3.05) is 0 Å². The Labute approximate surface area is 72.4 Å². The first kappa shape index (κ1) is 8.53. The number of benzene rings is 1. The van der Waals surface area contributed by atoms with Crippen molar-refractivity contribution in [2.24, 2.45) is 10.7 Å². The quantitative estimate of drug-likeness (QED) is 0.661. The van der Waals surface area contributed by atoms with E-state index >= 15 is 0 Å². The van der Waals surface area contributed by atoms with Gasteiger partial charge >= 0.3 is 0 Å². The summed E-state index contributed by atoms with van der Waals surface area (Å²) in [6, 6.07) is 7.95. The zero-order chi connectivity index (χ0) is 8.81. The summed E-state index contributed by atoms with van der Waals surface area (Å²) >= 11 is 0. The average Bonchev–Trinajstić information content (AvgIpc) is 2.09. The monoisotopic (exact) mass is 160 g/mol. The Morgan fingerprint density at radius 3 is 2.75 bits per heavy atom. The normalized spacial score (nSPS) is 11.4. The van der Waals surface area contributed by atoms with Crippen molar-refractivity contribution in [2.45, 2.75) is 6.92 Å². The van der Waals surface area contributed by atoms with Crippen molar-refractivity contribution in [1.82, 2.24) is 0 Å². The first-order valence-electron chi connectivity index (χ1n) is 3.81. The van der Waals surface area contributed by atoms with Crippen molar-refractivity contribution < 1.29 is 0 Å². The summed E-state index contributed by atoms with van der Waals surface area (Å²) in [6.45, 7) is 2.03. The van der Waals surface area contributed by atoms with Crippen LogP contribution in [0.25, 0.3) is 0 Å². The van der Waals surface area contributed by atoms with E-state index in [1.807, 2.05) is 31.2 Å². The number of aryl methyl sites for hydroxylation is 1. The Morgan fingerprint density at radius 2 is 2.08 bits per heavy atom. The van der Waals surface area contributed by atoms with Gasteiger partial charge < -0.3 is 5.73 Å². The lowest BCUT2D eigenvalue weighted by Gasteiger charge is -1.95. The summed E-state index contributed by atoms with van der Waals surface area (Å²) in [5.74, 6) is 0. The maximum Gasteiger partial charge on any atom is 0.0658 e. The van der Waals surface area contributed by atoms with Crippen LogP contribution in [0.4, 0.5) is 5.69 Å². The minimum absolute atomic E-state index is 0.982. The fourth-order valence-electron chi connectivity index (χ4n) is 0.881. The summed E-state index contributed by atoms with van der Waals surface area (Å²) in [4.78, 5) is 4.20. The van der Waals surface area contributed by atoms with Gasteiger partial charge in [-0.15, -0.1) is 0 Å². The van der Waals surface area contributed by atoms with E-state index in [2.05, 4.69) is 4.99 Å². The molecular formula is C10H12N2. The molecule has 0 spiro atoms. The molecule has 2 nitrogen and oxygen atoms in total. The molecule has 0 unspecified atom stereocenters. The van der Waals surface area contributed by atoms with Crippen LogP contribution in [0.3, 0.4) is 0 Å². The van der Waals surface area contributed by atoms with Gasteiger partial charge in [0.25, 0.3) is 0 Å². The zero-order valence-corrected chi connectivity index (χ0v) is 7.07. The van der Waals surface area contributed by atoms with Crippen LogP contribution in [-0.4, -0.2) is 6.21 Å². The highest BCUT2D eigenvalue weighted by atomic mass is 14.7. The van der Waals surface area contributed by atoms with E-state index in [1.165, 1.54) is 11.8 Å². The van der Waals surface area contributed by atoms with Crippen LogP contribution < -0.4 is 5.73 Å². The number of nitrogens with zero attached hydrogens (tertiary/aromatic N) is 1. The summed E-state index contributed by atoms with van der Waals surface area (Å²) in [5.41, 5.74) is 7.31. The van der Waals surface area contributed by atoms with E-state index < -0.39 is 0 Å². The third-order valence-electron chi connectivity index (χ3n) is 1.53. The molecule has 2 N–H and O–H groups in total. The summed E-state index contributed by atoms with van der Waals surface area (Å²) in [6.07, 6.45) is 4.84. The van der Waals surface area contributed by atoms with E-state index in [4.69, 9.17) is 5.73 Å². The molecule has 0 saturated carbocycles. The molecule has 0 aliphatic heterocycles. The van der Waals surface area contributed by atoms with Gasteiger partial charge in [0, 0.05) is 6.21 Å². The Hall–Kier alpha value is -1.57. The van der Waals surface area contributed by atoms with Gasteiger partial charge in [0.1, 0.15) is 0 Å². The molecule has 1 aromatic carbocycles. The van der Waals surface area contributed by atoms with Gasteiger partial charge in [0.2, 0.25) is 0 Å². The lowest BCUT2D eigenvalue weighted by molar-refractivity contribution is 1.41. The van der Waals surface area contributed by atoms with Crippen molar-refractivity contribution in [3.05, 3.63) is 42.1 Å². The summed E-state index contributed by atoms with van der Waals surface area (Å²) < 4.78 is 0. The molecule has 62 valence electrons. The smallest absolute Gasteiger partial charge is 0.0658 e. The highest BCUT2D eigenvalue weighted by Gasteiger charge is 1.89. The molecule has 0 amide bonds. The molecule has 1 rings (SSSR count). The standard InChI is InChI=1S/C10H12N2/c1-9-5-2-3-6-10(9)12-8-4-7-11/h2-8H,11H2,1H3. The van der Waals surface area contributed by atoms with Crippen LogP contribution in [0, 0.1) is 6.92 Å². The largest absolute Gasteiger partial charge is 0.405 e. The predicted octanol–water partition coefficient (Wildman–Crippen LogP) is 2.17. The van der Waals surface area contributed by atoms with Crippen LogP contribution in [-0.2, 0) is 0 Å². The Kier molecular flexibility index (Phi) is 3.08. The van der Waals surface area contributed by atoms with Gasteiger partial charge in [-0.25, -0.2) is 0 Å². The molecule has 2 heteroatoms. The zero-order valence-electron chi connectivity index (χ0n) is 7.07. The second-order valence-corrected chi connectivity index (χ2v) is 2.45. The van der Waals surface area contributed by atoms with E-state index in [0.29, 0.717) is 0 Å². The number of allylic oxidation sites excluding steroid dienone is 1. The Bertz CT molecular complexity index is 300. The molecule has 0 saturated heterocycles. The third kappa shape index (κ3) is 2.23. The lowest BCUT2D eigenvalue weighted by atomic mass is 10.2. The minimum Gasteiger partial charge on any atom is -0.405 e. The first-order valence-corrected chi connectivity index (χ1v) is 3.81. The fraction of sp³-hybridized carbons (Fsp3) is 0.100. The minimum atomic E-state index is 0.982. The van der Waals surface area contributed by atoms with Crippen LogP contribution in [0.15, 0.2) is 41.5 Å². The molecule has 1 aromatic rings. The molecule has 0 aliphatic carbocycles. The topological polar surface area (TPSA) is 38.4 Å². The van der Waals surface area contributed by atoms with Crippen molar-refractivity contribution in [1.29, 1.82) is 0 Å². The Morgan fingerprint density at radius 1 is 1.33 bits per heavy atom. The maximum atomic E-state index is 5.16. The van der Waals surface area contributed by atoms with E-state index in [-0.39, 0.29) is 0 Å². The SMILES string of the molecule is Cc1ccccc1N=CC=CN. The number of para-hydroxylation sites is 1. The molecule has 0 aromatic heterocycles. The van der Waals surface area contributed by atoms with Crippen LogP contribution in [0.5, 0.6) is 0 Å². The van der Waals surface area contributed by atoms with Crippen molar-refractivity contribution >= 4 is 11.9 Å². The maximum absolute atomic E-state index is 5.16. The number of hydrogen-bond acceptors (Lipinski definition) is 2. The van der Waals surface area contributed by atoms with Gasteiger partial charge in [-0.05, 0) is 30.8 Å².